The minimum absolute atomic E-state index is 0.0769. The van der Waals surface area contributed by atoms with Gasteiger partial charge in [-0.3, -0.25) is 4.79 Å². The molecule has 10 heteroatoms. The monoisotopic (exact) mass is 383 g/mol. The van der Waals surface area contributed by atoms with Crippen LogP contribution < -0.4 is 5.32 Å². The fraction of sp³-hybridized carbons (Fsp3) is 0.125. The zero-order valence-electron chi connectivity index (χ0n) is 13.3. The SMILES string of the molecule is Cc1nc2cc(F)c(F)cc2n1CC(=O)Nc1cccc(S(=O)(=O)F)c1. The molecular formula is C16H12F3N3O3S. The second-order valence-corrected chi connectivity index (χ2v) is 6.86. The molecule has 0 saturated heterocycles. The van der Waals surface area contributed by atoms with Crippen LogP contribution in [-0.4, -0.2) is 23.9 Å². The van der Waals surface area contributed by atoms with Gasteiger partial charge in [-0.05, 0) is 25.1 Å². The van der Waals surface area contributed by atoms with Gasteiger partial charge in [0.2, 0.25) is 5.91 Å². The van der Waals surface area contributed by atoms with Crippen molar-refractivity contribution in [1.29, 1.82) is 0 Å². The summed E-state index contributed by atoms with van der Waals surface area (Å²) in [7, 11) is -4.90. The van der Waals surface area contributed by atoms with Crippen molar-refractivity contribution < 1.29 is 25.9 Å². The number of rotatable bonds is 4. The normalized spacial score (nSPS) is 11.7. The Hall–Kier alpha value is -2.88. The molecule has 0 radical (unpaired) electrons. The molecule has 2 aromatic carbocycles. The summed E-state index contributed by atoms with van der Waals surface area (Å²) >= 11 is 0. The molecule has 3 rings (SSSR count). The molecule has 0 aliphatic rings. The molecule has 0 saturated carbocycles. The van der Waals surface area contributed by atoms with Crippen LogP contribution in [0.5, 0.6) is 0 Å². The second kappa shape index (κ2) is 6.45. The summed E-state index contributed by atoms with van der Waals surface area (Å²) in [5, 5.41) is 2.42. The van der Waals surface area contributed by atoms with Crippen LogP contribution in [0.25, 0.3) is 11.0 Å². The van der Waals surface area contributed by atoms with Crippen LogP contribution >= 0.6 is 0 Å². The highest BCUT2D eigenvalue weighted by molar-refractivity contribution is 7.86. The first kappa shape index (κ1) is 17.9. The summed E-state index contributed by atoms with van der Waals surface area (Å²) in [5.74, 6) is -2.33. The molecule has 1 aromatic heterocycles. The molecule has 1 amide bonds. The van der Waals surface area contributed by atoms with Crippen LogP contribution in [0, 0.1) is 18.6 Å². The lowest BCUT2D eigenvalue weighted by molar-refractivity contribution is -0.116. The van der Waals surface area contributed by atoms with Gasteiger partial charge in [-0.2, -0.15) is 8.42 Å². The number of imidazole rings is 1. The summed E-state index contributed by atoms with van der Waals surface area (Å²) in [6.45, 7) is 1.29. The van der Waals surface area contributed by atoms with Crippen LogP contribution in [0.3, 0.4) is 0 Å². The largest absolute Gasteiger partial charge is 0.332 e. The van der Waals surface area contributed by atoms with E-state index in [4.69, 9.17) is 0 Å². The third-order valence-electron chi connectivity index (χ3n) is 3.68. The Morgan fingerprint density at radius 3 is 2.58 bits per heavy atom. The van der Waals surface area contributed by atoms with E-state index in [0.717, 1.165) is 24.3 Å². The molecule has 0 unspecified atom stereocenters. The number of halogens is 3. The summed E-state index contributed by atoms with van der Waals surface area (Å²) in [6, 6.07) is 6.56. The zero-order valence-corrected chi connectivity index (χ0v) is 14.1. The van der Waals surface area contributed by atoms with Gasteiger partial charge in [0.1, 0.15) is 17.3 Å². The first-order chi connectivity index (χ1) is 12.1. The predicted octanol–water partition coefficient (Wildman–Crippen LogP) is 2.92. The van der Waals surface area contributed by atoms with E-state index in [2.05, 4.69) is 10.3 Å². The van der Waals surface area contributed by atoms with Gasteiger partial charge in [-0.15, -0.1) is 3.89 Å². The van der Waals surface area contributed by atoms with E-state index in [9.17, 15) is 25.9 Å². The molecule has 1 heterocycles. The Morgan fingerprint density at radius 1 is 1.19 bits per heavy atom. The first-order valence-electron chi connectivity index (χ1n) is 7.31. The average molecular weight is 383 g/mol. The standard InChI is InChI=1S/C16H12F3N3O3S/c1-9-20-14-6-12(17)13(18)7-15(14)22(9)8-16(23)21-10-3-2-4-11(5-10)26(19,24)25/h2-7H,8H2,1H3,(H,21,23). The van der Waals surface area contributed by atoms with Crippen molar-refractivity contribution in [1.82, 2.24) is 9.55 Å². The minimum Gasteiger partial charge on any atom is -0.324 e. The number of aryl methyl sites for hydroxylation is 1. The molecule has 0 aliphatic heterocycles. The highest BCUT2D eigenvalue weighted by atomic mass is 32.3. The topological polar surface area (TPSA) is 81.1 Å². The summed E-state index contributed by atoms with van der Waals surface area (Å²) in [5.41, 5.74) is 0.504. The molecule has 0 atom stereocenters. The molecule has 3 aromatic rings. The van der Waals surface area contributed by atoms with Crippen molar-refractivity contribution in [3.05, 3.63) is 53.9 Å². The van der Waals surface area contributed by atoms with E-state index < -0.39 is 32.7 Å². The van der Waals surface area contributed by atoms with E-state index in [1.165, 1.54) is 16.7 Å². The molecule has 136 valence electrons. The van der Waals surface area contributed by atoms with Crippen LogP contribution in [0.1, 0.15) is 5.82 Å². The highest BCUT2D eigenvalue weighted by Crippen LogP contribution is 2.21. The Labute approximate surface area is 146 Å². The number of hydrogen-bond donors (Lipinski definition) is 1. The van der Waals surface area contributed by atoms with Crippen molar-refractivity contribution in [3.8, 4) is 0 Å². The third-order valence-corrected chi connectivity index (χ3v) is 4.50. The summed E-state index contributed by atoms with van der Waals surface area (Å²) in [6.07, 6.45) is 0. The fourth-order valence-corrected chi connectivity index (χ4v) is 3.02. The number of carbonyl (C=O) groups excluding carboxylic acids is 1. The third kappa shape index (κ3) is 3.54. The number of nitrogens with one attached hydrogen (secondary N) is 1. The van der Waals surface area contributed by atoms with Gasteiger partial charge in [0.15, 0.2) is 11.6 Å². The quantitative estimate of drug-likeness (QED) is 0.703. The molecule has 26 heavy (non-hydrogen) atoms. The Bertz CT molecular complexity index is 1130. The van der Waals surface area contributed by atoms with E-state index >= 15 is 0 Å². The number of benzene rings is 2. The number of amides is 1. The van der Waals surface area contributed by atoms with Gasteiger partial charge in [0, 0.05) is 17.8 Å². The maximum absolute atomic E-state index is 13.5. The van der Waals surface area contributed by atoms with Gasteiger partial charge in [-0.1, -0.05) is 6.07 Å². The molecule has 0 aliphatic carbocycles. The highest BCUT2D eigenvalue weighted by Gasteiger charge is 2.16. The van der Waals surface area contributed by atoms with E-state index in [-0.39, 0.29) is 23.3 Å². The molecule has 6 nitrogen and oxygen atoms in total. The van der Waals surface area contributed by atoms with Crippen molar-refractivity contribution >= 4 is 32.9 Å². The smallest absolute Gasteiger partial charge is 0.324 e. The molecule has 0 fully saturated rings. The summed E-state index contributed by atoms with van der Waals surface area (Å²) in [4.78, 5) is 15.7. The maximum atomic E-state index is 13.5. The van der Waals surface area contributed by atoms with E-state index in [1.54, 1.807) is 6.92 Å². The lowest BCUT2D eigenvalue weighted by Gasteiger charge is -2.09. The first-order valence-corrected chi connectivity index (χ1v) is 8.70. The van der Waals surface area contributed by atoms with Crippen molar-refractivity contribution in [2.45, 2.75) is 18.4 Å². The fourth-order valence-electron chi connectivity index (χ4n) is 2.51. The maximum Gasteiger partial charge on any atom is 0.332 e. The Morgan fingerprint density at radius 2 is 1.88 bits per heavy atom. The lowest BCUT2D eigenvalue weighted by atomic mass is 10.3. The molecule has 0 spiro atoms. The number of hydrogen-bond acceptors (Lipinski definition) is 4. The van der Waals surface area contributed by atoms with Gasteiger partial charge in [0.25, 0.3) is 0 Å². The minimum atomic E-state index is -4.90. The molecule has 0 bridgehead atoms. The second-order valence-electron chi connectivity index (χ2n) is 5.51. The number of anilines is 1. The van der Waals surface area contributed by atoms with Crippen LogP contribution in [-0.2, 0) is 21.6 Å². The van der Waals surface area contributed by atoms with Crippen molar-refractivity contribution in [3.63, 3.8) is 0 Å². The molecular weight excluding hydrogens is 371 g/mol. The van der Waals surface area contributed by atoms with Gasteiger partial charge >= 0.3 is 10.2 Å². The summed E-state index contributed by atoms with van der Waals surface area (Å²) < 4.78 is 63.0. The lowest BCUT2D eigenvalue weighted by Crippen LogP contribution is -2.19. The number of aromatic nitrogens is 2. The Balaban J connectivity index is 1.86. The van der Waals surface area contributed by atoms with Crippen molar-refractivity contribution in [2.75, 3.05) is 5.32 Å². The van der Waals surface area contributed by atoms with Gasteiger partial charge in [-0.25, -0.2) is 13.8 Å². The van der Waals surface area contributed by atoms with E-state index in [1.807, 2.05) is 0 Å². The van der Waals surface area contributed by atoms with Crippen LogP contribution in [0.15, 0.2) is 41.3 Å². The predicted molar refractivity (Wildman–Crippen MR) is 87.8 cm³/mol. The number of carbonyl (C=O) groups is 1. The van der Waals surface area contributed by atoms with Gasteiger partial charge in [0.05, 0.1) is 11.0 Å². The van der Waals surface area contributed by atoms with Crippen LogP contribution in [0.2, 0.25) is 0 Å². The van der Waals surface area contributed by atoms with Crippen molar-refractivity contribution in [2.24, 2.45) is 0 Å². The average Bonchev–Trinajstić information content (AvgIpc) is 2.83. The number of nitrogens with zero attached hydrogens (tertiary/aromatic N) is 2. The molecule has 1 N–H and O–H groups in total. The van der Waals surface area contributed by atoms with Gasteiger partial charge < -0.3 is 9.88 Å². The van der Waals surface area contributed by atoms with Crippen LogP contribution in [0.4, 0.5) is 18.4 Å². The zero-order chi connectivity index (χ0) is 19.1. The van der Waals surface area contributed by atoms with E-state index in [0.29, 0.717) is 5.82 Å². The number of fused-ring (bicyclic) bond motifs is 1. The Kier molecular flexibility index (Phi) is 4.45.